The lowest BCUT2D eigenvalue weighted by Crippen LogP contribution is -2.40. The van der Waals surface area contributed by atoms with Gasteiger partial charge in [-0.25, -0.2) is 0 Å². The quantitative estimate of drug-likeness (QED) is 0.810. The van der Waals surface area contributed by atoms with Crippen LogP contribution in [0.25, 0.3) is 0 Å². The number of nitrogens with one attached hydrogen (secondary N) is 2. The summed E-state index contributed by atoms with van der Waals surface area (Å²) in [6, 6.07) is 1.89. The van der Waals surface area contributed by atoms with Crippen LogP contribution in [0.1, 0.15) is 12.0 Å². The maximum Gasteiger partial charge on any atom is 0.227 e. The molecule has 1 aliphatic rings. The van der Waals surface area contributed by atoms with Crippen LogP contribution < -0.4 is 10.6 Å². The normalized spacial score (nSPS) is 19.9. The number of carbonyl (C=O) groups excluding carboxylic acids is 1. The summed E-state index contributed by atoms with van der Waals surface area (Å²) in [4.78, 5) is 15.8. The van der Waals surface area contributed by atoms with E-state index in [0.717, 1.165) is 24.3 Å². The molecule has 1 atom stereocenters. The van der Waals surface area contributed by atoms with Crippen LogP contribution in [0.5, 0.6) is 0 Å². The molecule has 1 amide bonds. The number of hydrogen-bond donors (Lipinski definition) is 2. The Balaban J connectivity index is 1.84. The van der Waals surface area contributed by atoms with Gasteiger partial charge in [-0.15, -0.1) is 0 Å². The largest absolute Gasteiger partial charge is 0.375 e. The van der Waals surface area contributed by atoms with Crippen molar-refractivity contribution in [3.63, 3.8) is 0 Å². The summed E-state index contributed by atoms with van der Waals surface area (Å²) < 4.78 is 5.47. The van der Waals surface area contributed by atoms with Gasteiger partial charge in [0.2, 0.25) is 5.91 Å². The van der Waals surface area contributed by atoms with Crippen molar-refractivity contribution in [1.82, 2.24) is 10.3 Å². The van der Waals surface area contributed by atoms with E-state index in [-0.39, 0.29) is 12.0 Å². The third kappa shape index (κ3) is 3.80. The minimum absolute atomic E-state index is 0.0264. The van der Waals surface area contributed by atoms with Gasteiger partial charge in [0.15, 0.2) is 0 Å². The molecule has 5 heteroatoms. The summed E-state index contributed by atoms with van der Waals surface area (Å²) >= 11 is 0. The molecule has 1 aromatic rings. The molecule has 92 valence electrons. The molecule has 0 aliphatic carbocycles. The smallest absolute Gasteiger partial charge is 0.227 e. The van der Waals surface area contributed by atoms with Crippen LogP contribution >= 0.6 is 0 Å². The molecule has 17 heavy (non-hydrogen) atoms. The first kappa shape index (κ1) is 12.0. The van der Waals surface area contributed by atoms with Crippen molar-refractivity contribution < 1.29 is 9.53 Å². The van der Waals surface area contributed by atoms with E-state index in [2.05, 4.69) is 15.6 Å². The molecule has 0 saturated carbocycles. The number of aromatic nitrogens is 1. The molecule has 1 aliphatic heterocycles. The van der Waals surface area contributed by atoms with Crippen LogP contribution in [0.4, 0.5) is 5.69 Å². The summed E-state index contributed by atoms with van der Waals surface area (Å²) in [6.07, 6.45) is 3.75. The summed E-state index contributed by atoms with van der Waals surface area (Å²) in [5, 5.41) is 6.02. The Morgan fingerprint density at radius 3 is 3.24 bits per heavy atom. The highest BCUT2D eigenvalue weighted by Crippen LogP contribution is 2.09. The second kappa shape index (κ2) is 5.75. The van der Waals surface area contributed by atoms with E-state index >= 15 is 0 Å². The highest BCUT2D eigenvalue weighted by molar-refractivity contribution is 5.90. The zero-order valence-electron chi connectivity index (χ0n) is 9.90. The van der Waals surface area contributed by atoms with Crippen LogP contribution in [0, 0.1) is 6.92 Å². The second-order valence-electron chi connectivity index (χ2n) is 4.20. The van der Waals surface area contributed by atoms with E-state index in [9.17, 15) is 4.79 Å². The van der Waals surface area contributed by atoms with Gasteiger partial charge in [0.25, 0.3) is 0 Å². The molecule has 1 aromatic heterocycles. The fraction of sp³-hybridized carbons (Fsp3) is 0.500. The number of morpholine rings is 1. The Labute approximate surface area is 101 Å². The van der Waals surface area contributed by atoms with Crippen molar-refractivity contribution in [2.24, 2.45) is 0 Å². The first-order valence-electron chi connectivity index (χ1n) is 5.78. The van der Waals surface area contributed by atoms with Crippen molar-refractivity contribution in [2.45, 2.75) is 19.4 Å². The molecule has 0 spiro atoms. The van der Waals surface area contributed by atoms with Gasteiger partial charge in [0, 0.05) is 19.3 Å². The molecular formula is C12H17N3O2. The predicted molar refractivity (Wildman–Crippen MR) is 64.8 cm³/mol. The first-order valence-corrected chi connectivity index (χ1v) is 5.78. The molecule has 0 bridgehead atoms. The molecule has 5 nitrogen and oxygen atoms in total. The Bertz CT molecular complexity index is 389. The molecule has 1 unspecified atom stereocenters. The van der Waals surface area contributed by atoms with Gasteiger partial charge < -0.3 is 15.4 Å². The number of carbonyl (C=O) groups is 1. The van der Waals surface area contributed by atoms with Gasteiger partial charge in [-0.3, -0.25) is 9.78 Å². The zero-order chi connectivity index (χ0) is 12.1. The van der Waals surface area contributed by atoms with E-state index in [1.807, 2.05) is 13.0 Å². The second-order valence-corrected chi connectivity index (χ2v) is 4.20. The number of ether oxygens (including phenoxy) is 1. The molecule has 1 fully saturated rings. The lowest BCUT2D eigenvalue weighted by molar-refractivity contribution is -0.119. The maximum atomic E-state index is 11.7. The van der Waals surface area contributed by atoms with Crippen molar-refractivity contribution in [3.8, 4) is 0 Å². The molecule has 2 N–H and O–H groups in total. The lowest BCUT2D eigenvalue weighted by Gasteiger charge is -2.23. The minimum atomic E-state index is -0.0360. The van der Waals surface area contributed by atoms with Crippen LogP contribution in [0.3, 0.4) is 0 Å². The Morgan fingerprint density at radius 1 is 1.65 bits per heavy atom. The van der Waals surface area contributed by atoms with E-state index in [4.69, 9.17) is 4.74 Å². The Hall–Kier alpha value is -1.46. The number of amides is 1. The fourth-order valence-corrected chi connectivity index (χ4v) is 1.79. The van der Waals surface area contributed by atoms with Crippen molar-refractivity contribution in [1.29, 1.82) is 0 Å². The van der Waals surface area contributed by atoms with Crippen molar-refractivity contribution in [2.75, 3.05) is 25.0 Å². The number of aryl methyl sites for hydroxylation is 1. The molecule has 1 saturated heterocycles. The van der Waals surface area contributed by atoms with Gasteiger partial charge in [-0.05, 0) is 18.6 Å². The summed E-state index contributed by atoms with van der Waals surface area (Å²) in [7, 11) is 0. The van der Waals surface area contributed by atoms with Gasteiger partial charge in [0.05, 0.1) is 31.0 Å². The van der Waals surface area contributed by atoms with Gasteiger partial charge >= 0.3 is 0 Å². The number of nitrogens with zero attached hydrogens (tertiary/aromatic N) is 1. The third-order valence-corrected chi connectivity index (χ3v) is 2.58. The van der Waals surface area contributed by atoms with E-state index in [1.54, 1.807) is 12.4 Å². The van der Waals surface area contributed by atoms with Crippen LogP contribution in [0.2, 0.25) is 0 Å². The monoisotopic (exact) mass is 235 g/mol. The average molecular weight is 235 g/mol. The Kier molecular flexibility index (Phi) is 4.06. The van der Waals surface area contributed by atoms with E-state index in [1.165, 1.54) is 0 Å². The number of rotatable bonds is 3. The van der Waals surface area contributed by atoms with Crippen LogP contribution in [-0.2, 0) is 9.53 Å². The standard InChI is InChI=1S/C12H17N3O2/c1-9-4-10(7-14-6-9)15-12(16)5-11-8-13-2-3-17-11/h4,6-7,11,13H,2-3,5,8H2,1H3,(H,15,16). The Morgan fingerprint density at radius 2 is 2.53 bits per heavy atom. The number of anilines is 1. The first-order chi connectivity index (χ1) is 8.24. The van der Waals surface area contributed by atoms with Crippen molar-refractivity contribution in [3.05, 3.63) is 24.0 Å². The zero-order valence-corrected chi connectivity index (χ0v) is 9.90. The van der Waals surface area contributed by atoms with Gasteiger partial charge in [-0.1, -0.05) is 0 Å². The minimum Gasteiger partial charge on any atom is -0.375 e. The molecule has 2 rings (SSSR count). The lowest BCUT2D eigenvalue weighted by atomic mass is 10.2. The molecule has 2 heterocycles. The molecular weight excluding hydrogens is 218 g/mol. The van der Waals surface area contributed by atoms with Gasteiger partial charge in [-0.2, -0.15) is 0 Å². The topological polar surface area (TPSA) is 63.2 Å². The van der Waals surface area contributed by atoms with Crippen molar-refractivity contribution >= 4 is 11.6 Å². The number of hydrogen-bond acceptors (Lipinski definition) is 4. The summed E-state index contributed by atoms with van der Waals surface area (Å²) in [6.45, 7) is 4.21. The highest BCUT2D eigenvalue weighted by atomic mass is 16.5. The van der Waals surface area contributed by atoms with Gasteiger partial charge in [0.1, 0.15) is 0 Å². The summed E-state index contributed by atoms with van der Waals surface area (Å²) in [5.41, 5.74) is 1.76. The van der Waals surface area contributed by atoms with Crippen LogP contribution in [-0.4, -0.2) is 36.7 Å². The summed E-state index contributed by atoms with van der Waals surface area (Å²) in [5.74, 6) is -0.0360. The van der Waals surface area contributed by atoms with E-state index < -0.39 is 0 Å². The van der Waals surface area contributed by atoms with E-state index in [0.29, 0.717) is 13.0 Å². The number of pyridine rings is 1. The fourth-order valence-electron chi connectivity index (χ4n) is 1.79. The maximum absolute atomic E-state index is 11.7. The molecule has 0 radical (unpaired) electrons. The highest BCUT2D eigenvalue weighted by Gasteiger charge is 2.17. The SMILES string of the molecule is Cc1cncc(NC(=O)CC2CNCCO2)c1. The predicted octanol–water partition coefficient (Wildman–Crippen LogP) is 0.707. The third-order valence-electron chi connectivity index (χ3n) is 2.58. The van der Waals surface area contributed by atoms with Crippen LogP contribution in [0.15, 0.2) is 18.5 Å². The molecule has 0 aromatic carbocycles. The average Bonchev–Trinajstić information content (AvgIpc) is 2.30.